The molecule has 2 N–H and O–H groups in total. The van der Waals surface area contributed by atoms with Crippen LogP contribution in [0.5, 0.6) is 0 Å². The van der Waals surface area contributed by atoms with Gasteiger partial charge in [0.2, 0.25) is 5.95 Å². The summed E-state index contributed by atoms with van der Waals surface area (Å²) in [6, 6.07) is 14.8. The Hall–Kier alpha value is -3.16. The molecule has 0 saturated heterocycles. The van der Waals surface area contributed by atoms with Gasteiger partial charge in [-0.1, -0.05) is 53.5 Å². The van der Waals surface area contributed by atoms with E-state index in [0.29, 0.717) is 22.3 Å². The molecular weight excluding hydrogens is 411 g/mol. The fourth-order valence-electron chi connectivity index (χ4n) is 2.80. The van der Waals surface area contributed by atoms with Gasteiger partial charge in [-0.05, 0) is 36.2 Å². The van der Waals surface area contributed by atoms with E-state index in [0.717, 1.165) is 11.1 Å². The van der Waals surface area contributed by atoms with E-state index in [4.69, 9.17) is 23.2 Å². The van der Waals surface area contributed by atoms with E-state index >= 15 is 0 Å². The zero-order valence-corrected chi connectivity index (χ0v) is 16.9. The number of halogens is 2. The Bertz CT molecular complexity index is 1180. The van der Waals surface area contributed by atoms with Crippen LogP contribution < -0.4 is 5.32 Å². The van der Waals surface area contributed by atoms with Gasteiger partial charge < -0.3 is 0 Å². The third-order valence-corrected chi connectivity index (χ3v) is 5.13. The van der Waals surface area contributed by atoms with Crippen LogP contribution in [0.25, 0.3) is 11.3 Å². The molecule has 4 aromatic rings. The second-order valence-electron chi connectivity index (χ2n) is 6.44. The lowest BCUT2D eigenvalue weighted by Crippen LogP contribution is -2.14. The topological polar surface area (TPSA) is 88.5 Å². The number of benzene rings is 2. The summed E-state index contributed by atoms with van der Waals surface area (Å²) < 4.78 is 1.67. The maximum atomic E-state index is 12.5. The summed E-state index contributed by atoms with van der Waals surface area (Å²) >= 11 is 12.0. The Balaban J connectivity index is 1.45. The fraction of sp³-hybridized carbons (Fsp3) is 0.100. The van der Waals surface area contributed by atoms with E-state index in [1.54, 1.807) is 35.3 Å². The molecule has 2 aromatic carbocycles. The van der Waals surface area contributed by atoms with Crippen LogP contribution in [0, 0.1) is 6.92 Å². The molecule has 0 saturated carbocycles. The van der Waals surface area contributed by atoms with E-state index in [-0.39, 0.29) is 11.6 Å². The Kier molecular flexibility index (Phi) is 5.33. The first-order valence-corrected chi connectivity index (χ1v) is 9.51. The quantitative estimate of drug-likeness (QED) is 0.488. The fourth-order valence-corrected chi connectivity index (χ4v) is 3.10. The molecule has 0 aliphatic carbocycles. The molecule has 2 heterocycles. The molecule has 0 unspecified atom stereocenters. The molecule has 4 rings (SSSR count). The molecule has 0 fully saturated rings. The average molecular weight is 427 g/mol. The Morgan fingerprint density at radius 1 is 1.14 bits per heavy atom. The number of carbonyl (C=O) groups excluding carboxylic acids is 1. The van der Waals surface area contributed by atoms with Crippen molar-refractivity contribution in [3.8, 4) is 11.3 Å². The molecule has 0 atom stereocenters. The van der Waals surface area contributed by atoms with Gasteiger partial charge in [0.05, 0.1) is 22.3 Å². The highest BCUT2D eigenvalue weighted by Gasteiger charge is 2.14. The lowest BCUT2D eigenvalue weighted by molar-refractivity contribution is 0.102. The van der Waals surface area contributed by atoms with Gasteiger partial charge in [-0.2, -0.15) is 5.10 Å². The summed E-state index contributed by atoms with van der Waals surface area (Å²) in [5, 5.41) is 14.7. The highest BCUT2D eigenvalue weighted by molar-refractivity contribution is 6.42. The second kappa shape index (κ2) is 8.06. The monoisotopic (exact) mass is 426 g/mol. The molecule has 2 aromatic heterocycles. The highest BCUT2D eigenvalue weighted by Crippen LogP contribution is 2.27. The summed E-state index contributed by atoms with van der Waals surface area (Å²) in [6.45, 7) is 2.61. The zero-order chi connectivity index (χ0) is 20.4. The minimum atomic E-state index is -0.391. The van der Waals surface area contributed by atoms with Crippen LogP contribution in [0.15, 0.2) is 54.9 Å². The number of hydrogen-bond acceptors (Lipinski definition) is 4. The molecule has 146 valence electrons. The molecule has 29 heavy (non-hydrogen) atoms. The Labute approximate surface area is 176 Å². The molecule has 0 bridgehead atoms. The van der Waals surface area contributed by atoms with Crippen molar-refractivity contribution in [2.24, 2.45) is 0 Å². The third kappa shape index (κ3) is 4.31. The molecule has 0 aliphatic heterocycles. The smallest absolute Gasteiger partial charge is 0.276 e. The maximum Gasteiger partial charge on any atom is 0.276 e. The minimum Gasteiger partial charge on any atom is -0.288 e. The molecule has 0 spiro atoms. The number of carbonyl (C=O) groups is 1. The third-order valence-electron chi connectivity index (χ3n) is 4.39. The number of aromatic nitrogens is 5. The number of nitrogens with one attached hydrogen (secondary N) is 2. The first kappa shape index (κ1) is 19.2. The van der Waals surface area contributed by atoms with Crippen molar-refractivity contribution in [1.29, 1.82) is 0 Å². The van der Waals surface area contributed by atoms with Gasteiger partial charge in [0.25, 0.3) is 5.91 Å². The van der Waals surface area contributed by atoms with Crippen molar-refractivity contribution in [2.75, 3.05) is 5.32 Å². The number of rotatable bonds is 5. The van der Waals surface area contributed by atoms with Gasteiger partial charge in [-0.15, -0.1) is 5.10 Å². The number of nitrogens with zero attached hydrogens (tertiary/aromatic N) is 4. The van der Waals surface area contributed by atoms with Crippen molar-refractivity contribution in [2.45, 2.75) is 13.5 Å². The zero-order valence-electron chi connectivity index (χ0n) is 15.4. The normalized spacial score (nSPS) is 10.9. The predicted octanol–water partition coefficient (Wildman–Crippen LogP) is 4.58. The van der Waals surface area contributed by atoms with Gasteiger partial charge in [-0.25, -0.2) is 9.67 Å². The first-order valence-electron chi connectivity index (χ1n) is 8.76. The van der Waals surface area contributed by atoms with Crippen LogP contribution in [0.4, 0.5) is 5.95 Å². The summed E-state index contributed by atoms with van der Waals surface area (Å²) in [5.41, 5.74) is 3.90. The second-order valence-corrected chi connectivity index (χ2v) is 7.26. The van der Waals surface area contributed by atoms with Crippen LogP contribution in [0.3, 0.4) is 0 Å². The van der Waals surface area contributed by atoms with Crippen molar-refractivity contribution in [3.63, 3.8) is 0 Å². The summed E-state index contributed by atoms with van der Waals surface area (Å²) in [4.78, 5) is 16.6. The first-order chi connectivity index (χ1) is 14.0. The van der Waals surface area contributed by atoms with Gasteiger partial charge in [0.15, 0.2) is 0 Å². The van der Waals surface area contributed by atoms with E-state index in [9.17, 15) is 4.79 Å². The maximum absolute atomic E-state index is 12.5. The van der Waals surface area contributed by atoms with Crippen LogP contribution in [0.1, 0.15) is 21.6 Å². The van der Waals surface area contributed by atoms with E-state index in [2.05, 4.69) is 25.6 Å². The molecule has 9 heteroatoms. The minimum absolute atomic E-state index is 0.217. The van der Waals surface area contributed by atoms with Crippen molar-refractivity contribution in [3.05, 3.63) is 81.7 Å². The molecular formula is C20H16Cl2N6O. The number of aryl methyl sites for hydroxylation is 1. The average Bonchev–Trinajstić information content (AvgIpc) is 3.36. The molecule has 7 nitrogen and oxygen atoms in total. The standard InChI is InChI=1S/C20H16Cl2N6O/c1-12-4-2-3-5-14(12)10-28-11-23-20(27-28)24-19(29)18-9-17(25-26-18)13-6-7-15(21)16(22)8-13/h2-9,11H,10H2,1H3,(H,25,26)(H,24,27,29). The number of hydrogen-bond donors (Lipinski definition) is 2. The van der Waals surface area contributed by atoms with E-state index < -0.39 is 5.91 Å². The number of anilines is 1. The Morgan fingerprint density at radius 2 is 1.97 bits per heavy atom. The van der Waals surface area contributed by atoms with Crippen LogP contribution in [-0.2, 0) is 6.54 Å². The van der Waals surface area contributed by atoms with Gasteiger partial charge in [0.1, 0.15) is 12.0 Å². The largest absolute Gasteiger partial charge is 0.288 e. The number of amides is 1. The highest BCUT2D eigenvalue weighted by atomic mass is 35.5. The Morgan fingerprint density at radius 3 is 2.76 bits per heavy atom. The van der Waals surface area contributed by atoms with Crippen LogP contribution in [-0.4, -0.2) is 30.9 Å². The van der Waals surface area contributed by atoms with Gasteiger partial charge in [-0.3, -0.25) is 15.2 Å². The SMILES string of the molecule is Cc1ccccc1Cn1cnc(NC(=O)c2cc(-c3ccc(Cl)c(Cl)c3)n[nH]2)n1. The number of aromatic amines is 1. The molecule has 0 aliphatic rings. The van der Waals surface area contributed by atoms with E-state index in [1.165, 1.54) is 5.56 Å². The van der Waals surface area contributed by atoms with Crippen LogP contribution in [0.2, 0.25) is 10.0 Å². The van der Waals surface area contributed by atoms with Gasteiger partial charge in [0, 0.05) is 5.56 Å². The number of H-pyrrole nitrogens is 1. The van der Waals surface area contributed by atoms with Crippen LogP contribution >= 0.6 is 23.2 Å². The lowest BCUT2D eigenvalue weighted by Gasteiger charge is -2.04. The lowest BCUT2D eigenvalue weighted by atomic mass is 10.1. The summed E-state index contributed by atoms with van der Waals surface area (Å²) in [6.07, 6.45) is 1.58. The van der Waals surface area contributed by atoms with E-state index in [1.807, 2.05) is 31.2 Å². The van der Waals surface area contributed by atoms with Gasteiger partial charge >= 0.3 is 0 Å². The predicted molar refractivity (Wildman–Crippen MR) is 112 cm³/mol. The van der Waals surface area contributed by atoms with Crippen molar-refractivity contribution < 1.29 is 4.79 Å². The molecule has 0 radical (unpaired) electrons. The summed E-state index contributed by atoms with van der Waals surface area (Å²) in [7, 11) is 0. The van der Waals surface area contributed by atoms with Crippen molar-refractivity contribution >= 4 is 35.1 Å². The summed E-state index contributed by atoms with van der Waals surface area (Å²) in [5.74, 6) is -0.174. The van der Waals surface area contributed by atoms with Crippen molar-refractivity contribution in [1.82, 2.24) is 25.0 Å². The molecule has 1 amide bonds.